The molecule has 18 heavy (non-hydrogen) atoms. The maximum absolute atomic E-state index is 12.1. The van der Waals surface area contributed by atoms with Gasteiger partial charge in [-0.15, -0.1) is 0 Å². The van der Waals surface area contributed by atoms with Crippen LogP contribution < -0.4 is 10.6 Å². The van der Waals surface area contributed by atoms with E-state index in [0.717, 1.165) is 30.6 Å². The normalized spacial score (nSPS) is 18.9. The Kier molecular flexibility index (Phi) is 4.37. The second-order valence-electron chi connectivity index (χ2n) is 5.09. The summed E-state index contributed by atoms with van der Waals surface area (Å²) >= 11 is 0. The van der Waals surface area contributed by atoms with Crippen LogP contribution in [0.5, 0.6) is 0 Å². The Labute approximate surface area is 109 Å². The first kappa shape index (κ1) is 13.1. The van der Waals surface area contributed by atoms with E-state index in [4.69, 9.17) is 0 Å². The third kappa shape index (κ3) is 3.10. The Morgan fingerprint density at radius 3 is 3.00 bits per heavy atom. The molecule has 0 radical (unpaired) electrons. The fourth-order valence-electron chi connectivity index (χ4n) is 2.46. The maximum Gasteiger partial charge on any atom is 0.251 e. The average molecular weight is 246 g/mol. The van der Waals surface area contributed by atoms with Crippen LogP contribution in [0, 0.1) is 13.8 Å². The molecule has 0 saturated carbocycles. The summed E-state index contributed by atoms with van der Waals surface area (Å²) in [6.07, 6.45) is 3.52. The van der Waals surface area contributed by atoms with Gasteiger partial charge in [0.1, 0.15) is 0 Å². The molecule has 1 amide bonds. The molecule has 1 aliphatic heterocycles. The first-order valence-corrected chi connectivity index (χ1v) is 6.76. The van der Waals surface area contributed by atoms with Gasteiger partial charge < -0.3 is 10.6 Å². The van der Waals surface area contributed by atoms with E-state index in [9.17, 15) is 4.79 Å². The van der Waals surface area contributed by atoms with Gasteiger partial charge in [-0.2, -0.15) is 0 Å². The standard InChI is InChI=1S/C15H22N2O/c1-11-5-3-7-14(12(11)2)15(18)17-10-8-13-6-4-9-16-13/h3,5,7,13,16H,4,6,8-10H2,1-2H3,(H,17,18). The minimum absolute atomic E-state index is 0.0502. The Morgan fingerprint density at radius 2 is 2.28 bits per heavy atom. The number of amides is 1. The summed E-state index contributed by atoms with van der Waals surface area (Å²) in [7, 11) is 0. The molecule has 98 valence electrons. The van der Waals surface area contributed by atoms with Crippen molar-refractivity contribution in [2.45, 2.75) is 39.2 Å². The highest BCUT2D eigenvalue weighted by Crippen LogP contribution is 2.12. The van der Waals surface area contributed by atoms with Gasteiger partial charge in [0.15, 0.2) is 0 Å². The van der Waals surface area contributed by atoms with Crippen molar-refractivity contribution in [2.24, 2.45) is 0 Å². The third-order valence-electron chi connectivity index (χ3n) is 3.79. The number of aryl methyl sites for hydroxylation is 1. The molecule has 1 fully saturated rings. The van der Waals surface area contributed by atoms with Gasteiger partial charge in [0.25, 0.3) is 5.91 Å². The average Bonchev–Trinajstić information content (AvgIpc) is 2.85. The molecule has 3 heteroatoms. The topological polar surface area (TPSA) is 41.1 Å². The van der Waals surface area contributed by atoms with E-state index in [1.165, 1.54) is 18.4 Å². The summed E-state index contributed by atoms with van der Waals surface area (Å²) < 4.78 is 0. The smallest absolute Gasteiger partial charge is 0.251 e. The van der Waals surface area contributed by atoms with Crippen molar-refractivity contribution in [1.82, 2.24) is 10.6 Å². The molecule has 3 nitrogen and oxygen atoms in total. The second kappa shape index (κ2) is 6.01. The Hall–Kier alpha value is -1.35. The molecule has 0 bridgehead atoms. The van der Waals surface area contributed by atoms with E-state index in [0.29, 0.717) is 6.04 Å². The fraction of sp³-hybridized carbons (Fsp3) is 0.533. The van der Waals surface area contributed by atoms with Crippen molar-refractivity contribution in [3.8, 4) is 0 Å². The number of nitrogens with one attached hydrogen (secondary N) is 2. The van der Waals surface area contributed by atoms with Crippen molar-refractivity contribution in [3.05, 3.63) is 34.9 Å². The third-order valence-corrected chi connectivity index (χ3v) is 3.79. The molecule has 1 unspecified atom stereocenters. The minimum Gasteiger partial charge on any atom is -0.352 e. The zero-order valence-electron chi connectivity index (χ0n) is 11.3. The SMILES string of the molecule is Cc1cccc(C(=O)NCCC2CCCN2)c1C. The van der Waals surface area contributed by atoms with E-state index in [1.807, 2.05) is 32.0 Å². The highest BCUT2D eigenvalue weighted by molar-refractivity contribution is 5.95. The van der Waals surface area contributed by atoms with Crippen LogP contribution in [-0.4, -0.2) is 25.0 Å². The monoisotopic (exact) mass is 246 g/mol. The van der Waals surface area contributed by atoms with E-state index in [2.05, 4.69) is 10.6 Å². The molecule has 0 aromatic heterocycles. The molecular weight excluding hydrogens is 224 g/mol. The van der Waals surface area contributed by atoms with E-state index in [1.54, 1.807) is 0 Å². The largest absolute Gasteiger partial charge is 0.352 e. The lowest BCUT2D eigenvalue weighted by Crippen LogP contribution is -2.31. The minimum atomic E-state index is 0.0502. The van der Waals surface area contributed by atoms with Crippen LogP contribution in [0.1, 0.15) is 40.7 Å². The lowest BCUT2D eigenvalue weighted by atomic mass is 10.0. The maximum atomic E-state index is 12.1. The summed E-state index contributed by atoms with van der Waals surface area (Å²) in [4.78, 5) is 12.1. The zero-order chi connectivity index (χ0) is 13.0. The molecule has 2 N–H and O–H groups in total. The Morgan fingerprint density at radius 1 is 1.44 bits per heavy atom. The van der Waals surface area contributed by atoms with Crippen molar-refractivity contribution in [2.75, 3.05) is 13.1 Å². The zero-order valence-corrected chi connectivity index (χ0v) is 11.3. The molecule has 1 atom stereocenters. The molecule has 1 heterocycles. The van der Waals surface area contributed by atoms with Crippen molar-refractivity contribution >= 4 is 5.91 Å². The van der Waals surface area contributed by atoms with Crippen LogP contribution in [0.25, 0.3) is 0 Å². The van der Waals surface area contributed by atoms with Gasteiger partial charge in [-0.25, -0.2) is 0 Å². The quantitative estimate of drug-likeness (QED) is 0.855. The van der Waals surface area contributed by atoms with Crippen LogP contribution in [0.2, 0.25) is 0 Å². The predicted octanol–water partition coefficient (Wildman–Crippen LogP) is 2.18. The molecule has 0 spiro atoms. The van der Waals surface area contributed by atoms with Crippen LogP contribution in [0.4, 0.5) is 0 Å². The van der Waals surface area contributed by atoms with Crippen molar-refractivity contribution in [3.63, 3.8) is 0 Å². The van der Waals surface area contributed by atoms with Crippen LogP contribution in [-0.2, 0) is 0 Å². The van der Waals surface area contributed by atoms with Crippen molar-refractivity contribution in [1.29, 1.82) is 0 Å². The lowest BCUT2D eigenvalue weighted by Gasteiger charge is -2.12. The van der Waals surface area contributed by atoms with Crippen LogP contribution >= 0.6 is 0 Å². The van der Waals surface area contributed by atoms with E-state index in [-0.39, 0.29) is 5.91 Å². The predicted molar refractivity (Wildman–Crippen MR) is 73.9 cm³/mol. The number of benzene rings is 1. The Balaban J connectivity index is 1.85. The van der Waals surface area contributed by atoms with Gasteiger partial charge >= 0.3 is 0 Å². The molecule has 1 saturated heterocycles. The number of rotatable bonds is 4. The number of carbonyl (C=O) groups excluding carboxylic acids is 1. The van der Waals surface area contributed by atoms with Gasteiger partial charge in [0.2, 0.25) is 0 Å². The molecular formula is C15H22N2O. The van der Waals surface area contributed by atoms with Gasteiger partial charge in [0, 0.05) is 18.2 Å². The number of carbonyl (C=O) groups is 1. The van der Waals surface area contributed by atoms with Crippen LogP contribution in [0.3, 0.4) is 0 Å². The summed E-state index contributed by atoms with van der Waals surface area (Å²) in [5.41, 5.74) is 3.04. The van der Waals surface area contributed by atoms with E-state index >= 15 is 0 Å². The highest BCUT2D eigenvalue weighted by atomic mass is 16.1. The van der Waals surface area contributed by atoms with Gasteiger partial charge in [-0.1, -0.05) is 12.1 Å². The van der Waals surface area contributed by atoms with Gasteiger partial charge in [-0.05, 0) is 56.8 Å². The van der Waals surface area contributed by atoms with Crippen molar-refractivity contribution < 1.29 is 4.79 Å². The highest BCUT2D eigenvalue weighted by Gasteiger charge is 2.14. The fourth-order valence-corrected chi connectivity index (χ4v) is 2.46. The molecule has 1 aromatic rings. The first-order valence-electron chi connectivity index (χ1n) is 6.76. The summed E-state index contributed by atoms with van der Waals surface area (Å²) in [6, 6.07) is 6.46. The lowest BCUT2D eigenvalue weighted by molar-refractivity contribution is 0.0951. The summed E-state index contributed by atoms with van der Waals surface area (Å²) in [6.45, 7) is 5.91. The van der Waals surface area contributed by atoms with Crippen LogP contribution in [0.15, 0.2) is 18.2 Å². The van der Waals surface area contributed by atoms with E-state index < -0.39 is 0 Å². The van der Waals surface area contributed by atoms with Gasteiger partial charge in [-0.3, -0.25) is 4.79 Å². The van der Waals surface area contributed by atoms with Gasteiger partial charge in [0.05, 0.1) is 0 Å². The summed E-state index contributed by atoms with van der Waals surface area (Å²) in [5.74, 6) is 0.0502. The first-order chi connectivity index (χ1) is 8.68. The second-order valence-corrected chi connectivity index (χ2v) is 5.09. The number of hydrogen-bond donors (Lipinski definition) is 2. The number of hydrogen-bond acceptors (Lipinski definition) is 2. The summed E-state index contributed by atoms with van der Waals surface area (Å²) in [5, 5.41) is 6.45. The molecule has 0 aliphatic carbocycles. The molecule has 1 aliphatic rings. The Bertz CT molecular complexity index is 423. The molecule has 2 rings (SSSR count). The molecule has 1 aromatic carbocycles.